The molecule has 0 aliphatic heterocycles. The zero-order valence-electron chi connectivity index (χ0n) is 5.61. The van der Waals surface area contributed by atoms with E-state index in [0.717, 1.165) is 11.4 Å². The topological polar surface area (TPSA) is 67.6 Å². The first kappa shape index (κ1) is 6.36. The van der Waals surface area contributed by atoms with Crippen LogP contribution in [0.1, 0.15) is 0 Å². The van der Waals surface area contributed by atoms with E-state index in [0.29, 0.717) is 5.82 Å². The second kappa shape index (κ2) is 2.35. The molecule has 2 rings (SSSR count). The largest absolute Gasteiger partial charge is 0.382 e. The van der Waals surface area contributed by atoms with E-state index < -0.39 is 0 Å². The van der Waals surface area contributed by atoms with Gasteiger partial charge in [-0.15, -0.1) is 0 Å². The highest BCUT2D eigenvalue weighted by molar-refractivity contribution is 7.03. The highest BCUT2D eigenvalue weighted by Gasteiger charge is 2.01. The van der Waals surface area contributed by atoms with Crippen molar-refractivity contribution in [2.75, 3.05) is 5.73 Å². The highest BCUT2D eigenvalue weighted by Crippen LogP contribution is 2.16. The van der Waals surface area contributed by atoms with Crippen molar-refractivity contribution in [2.24, 2.45) is 0 Å². The number of nitrogens with two attached hydrogens (primary N) is 1. The molecule has 2 heterocycles. The van der Waals surface area contributed by atoms with Gasteiger partial charge in [0.1, 0.15) is 11.5 Å². The summed E-state index contributed by atoms with van der Waals surface area (Å²) >= 11 is 1.41. The van der Waals surface area contributed by atoms with E-state index >= 15 is 0 Å². The maximum atomic E-state index is 5.42. The Balaban J connectivity index is 2.45. The van der Waals surface area contributed by atoms with Gasteiger partial charge in [-0.1, -0.05) is 0 Å². The van der Waals surface area contributed by atoms with Gasteiger partial charge < -0.3 is 5.73 Å². The van der Waals surface area contributed by atoms with Crippen LogP contribution in [0.4, 0.5) is 5.82 Å². The summed E-state index contributed by atoms with van der Waals surface area (Å²) in [7, 11) is 0. The summed E-state index contributed by atoms with van der Waals surface area (Å²) in [6.07, 6.45) is 0. The monoisotopic (exact) mass is 166 g/mol. The summed E-state index contributed by atoms with van der Waals surface area (Å²) < 4.78 is 4.11. The second-order valence-corrected chi connectivity index (χ2v) is 2.76. The molecule has 11 heavy (non-hydrogen) atoms. The van der Waals surface area contributed by atoms with Gasteiger partial charge in [-0.25, -0.2) is 0 Å². The van der Waals surface area contributed by atoms with Gasteiger partial charge in [-0.3, -0.25) is 5.10 Å². The Bertz CT molecular complexity index is 337. The van der Waals surface area contributed by atoms with Gasteiger partial charge in [-0.05, 0) is 17.6 Å². The van der Waals surface area contributed by atoms with Crippen molar-refractivity contribution in [2.45, 2.75) is 0 Å². The van der Waals surface area contributed by atoms with E-state index in [9.17, 15) is 0 Å². The second-order valence-electron chi connectivity index (χ2n) is 2.09. The third-order valence-electron chi connectivity index (χ3n) is 1.31. The van der Waals surface area contributed by atoms with Gasteiger partial charge in [-0.2, -0.15) is 9.47 Å². The van der Waals surface area contributed by atoms with Crippen LogP contribution >= 0.6 is 11.5 Å². The first-order valence-electron chi connectivity index (χ1n) is 3.08. The standard InChI is InChI=1S/C6H6N4S/c7-6-3-5(8-9-6)4-1-2-11-10-4/h1-3H,(H3,7,8,9). The molecule has 2 aromatic rings. The highest BCUT2D eigenvalue weighted by atomic mass is 32.1. The van der Waals surface area contributed by atoms with Gasteiger partial charge in [0.2, 0.25) is 0 Å². The molecule has 2 aromatic heterocycles. The van der Waals surface area contributed by atoms with E-state index in [1.807, 2.05) is 11.4 Å². The van der Waals surface area contributed by atoms with Crippen molar-refractivity contribution in [3.8, 4) is 11.4 Å². The van der Waals surface area contributed by atoms with Crippen LogP contribution in [0.2, 0.25) is 0 Å². The van der Waals surface area contributed by atoms with Crippen LogP contribution in [0.25, 0.3) is 11.4 Å². The number of anilines is 1. The normalized spacial score (nSPS) is 10.2. The Morgan fingerprint density at radius 2 is 2.45 bits per heavy atom. The zero-order valence-corrected chi connectivity index (χ0v) is 6.43. The zero-order chi connectivity index (χ0) is 7.68. The third kappa shape index (κ3) is 1.10. The van der Waals surface area contributed by atoms with Gasteiger partial charge in [0.25, 0.3) is 0 Å². The molecular weight excluding hydrogens is 160 g/mol. The van der Waals surface area contributed by atoms with E-state index in [-0.39, 0.29) is 0 Å². The number of hydrogen-bond acceptors (Lipinski definition) is 4. The molecular formula is C6H6N4S. The van der Waals surface area contributed by atoms with Crippen molar-refractivity contribution >= 4 is 17.4 Å². The number of nitrogens with one attached hydrogen (secondary N) is 1. The number of H-pyrrole nitrogens is 1. The number of hydrogen-bond donors (Lipinski definition) is 2. The number of aromatic nitrogens is 3. The predicted molar refractivity (Wildman–Crippen MR) is 44.1 cm³/mol. The van der Waals surface area contributed by atoms with E-state index in [1.54, 1.807) is 6.07 Å². The summed E-state index contributed by atoms with van der Waals surface area (Å²) in [5, 5.41) is 8.48. The van der Waals surface area contributed by atoms with E-state index in [1.165, 1.54) is 11.5 Å². The number of aromatic amines is 1. The summed E-state index contributed by atoms with van der Waals surface area (Å²) in [6.45, 7) is 0. The van der Waals surface area contributed by atoms with Gasteiger partial charge >= 0.3 is 0 Å². The van der Waals surface area contributed by atoms with Gasteiger partial charge in [0.15, 0.2) is 0 Å². The fourth-order valence-electron chi connectivity index (χ4n) is 0.820. The molecule has 0 amide bonds. The third-order valence-corrected chi connectivity index (χ3v) is 1.87. The Morgan fingerprint density at radius 3 is 3.00 bits per heavy atom. The minimum atomic E-state index is 0.494. The molecule has 0 aromatic carbocycles. The molecule has 0 aliphatic rings. The first-order valence-corrected chi connectivity index (χ1v) is 3.91. The summed E-state index contributed by atoms with van der Waals surface area (Å²) in [6, 6.07) is 3.67. The molecule has 0 atom stereocenters. The molecule has 0 unspecified atom stereocenters. The number of nitrogen functional groups attached to an aromatic ring is 1. The molecule has 0 aliphatic carbocycles. The molecule has 0 bridgehead atoms. The Morgan fingerprint density at radius 1 is 1.55 bits per heavy atom. The lowest BCUT2D eigenvalue weighted by Crippen LogP contribution is -1.81. The first-order chi connectivity index (χ1) is 5.36. The average molecular weight is 166 g/mol. The van der Waals surface area contributed by atoms with Crippen molar-refractivity contribution < 1.29 is 0 Å². The molecule has 56 valence electrons. The molecule has 0 saturated carbocycles. The Hall–Kier alpha value is -1.36. The smallest absolute Gasteiger partial charge is 0.145 e. The quantitative estimate of drug-likeness (QED) is 0.667. The Labute approximate surface area is 67.2 Å². The Kier molecular flexibility index (Phi) is 1.36. The number of nitrogens with zero attached hydrogens (tertiary/aromatic N) is 2. The van der Waals surface area contributed by atoms with E-state index in [2.05, 4.69) is 14.6 Å². The minimum absolute atomic E-state index is 0.494. The van der Waals surface area contributed by atoms with Crippen molar-refractivity contribution in [1.82, 2.24) is 14.6 Å². The summed E-state index contributed by atoms with van der Waals surface area (Å²) in [4.78, 5) is 0. The van der Waals surface area contributed by atoms with Crippen molar-refractivity contribution in [3.63, 3.8) is 0 Å². The van der Waals surface area contributed by atoms with Gasteiger partial charge in [0, 0.05) is 11.4 Å². The van der Waals surface area contributed by atoms with Crippen LogP contribution < -0.4 is 5.73 Å². The predicted octanol–water partition coefficient (Wildman–Crippen LogP) is 1.12. The average Bonchev–Trinajstić information content (AvgIpc) is 2.55. The van der Waals surface area contributed by atoms with Crippen LogP contribution in [0.15, 0.2) is 17.5 Å². The SMILES string of the molecule is Nc1cc(-c2ccsn2)[nH]n1. The summed E-state index contributed by atoms with van der Waals surface area (Å²) in [5.41, 5.74) is 7.17. The van der Waals surface area contributed by atoms with Crippen LogP contribution in [0.3, 0.4) is 0 Å². The molecule has 0 spiro atoms. The minimum Gasteiger partial charge on any atom is -0.382 e. The van der Waals surface area contributed by atoms with Crippen LogP contribution in [-0.4, -0.2) is 14.6 Å². The van der Waals surface area contributed by atoms with E-state index in [4.69, 9.17) is 5.73 Å². The van der Waals surface area contributed by atoms with Crippen LogP contribution in [-0.2, 0) is 0 Å². The lowest BCUT2D eigenvalue weighted by atomic mass is 10.3. The molecule has 4 nitrogen and oxygen atoms in total. The molecule has 0 saturated heterocycles. The number of rotatable bonds is 1. The lowest BCUT2D eigenvalue weighted by Gasteiger charge is -1.83. The van der Waals surface area contributed by atoms with Crippen molar-refractivity contribution in [1.29, 1.82) is 0 Å². The maximum absolute atomic E-state index is 5.42. The van der Waals surface area contributed by atoms with Crippen LogP contribution in [0.5, 0.6) is 0 Å². The van der Waals surface area contributed by atoms with Gasteiger partial charge in [0.05, 0.1) is 5.69 Å². The fourth-order valence-corrected chi connectivity index (χ4v) is 1.34. The fraction of sp³-hybridized carbons (Fsp3) is 0. The van der Waals surface area contributed by atoms with Crippen molar-refractivity contribution in [3.05, 3.63) is 17.5 Å². The molecule has 0 radical (unpaired) electrons. The summed E-state index contributed by atoms with van der Waals surface area (Å²) in [5.74, 6) is 0.494. The van der Waals surface area contributed by atoms with Crippen LogP contribution in [0, 0.1) is 0 Å². The molecule has 3 N–H and O–H groups in total. The molecule has 5 heteroatoms. The molecule has 0 fully saturated rings. The maximum Gasteiger partial charge on any atom is 0.145 e. The lowest BCUT2D eigenvalue weighted by molar-refractivity contribution is 1.10.